The fourth-order valence-electron chi connectivity index (χ4n) is 3.72. The fraction of sp³-hybridized carbons (Fsp3) is 0.500. The van der Waals surface area contributed by atoms with E-state index in [-0.39, 0.29) is 11.3 Å². The van der Waals surface area contributed by atoms with Crippen LogP contribution in [0.2, 0.25) is 0 Å². The topological polar surface area (TPSA) is 79.0 Å². The molecule has 2 aromatic carbocycles. The molecule has 0 aromatic heterocycles. The largest absolute Gasteiger partial charge is 0.494 e. The smallest absolute Gasteiger partial charge is 0.243 e. The van der Waals surface area contributed by atoms with E-state index in [0.717, 1.165) is 24.4 Å². The van der Waals surface area contributed by atoms with Gasteiger partial charge in [-0.2, -0.15) is 4.31 Å². The normalized spacial score (nSPS) is 15.8. The summed E-state index contributed by atoms with van der Waals surface area (Å²) < 4.78 is 32.9. The van der Waals surface area contributed by atoms with Crippen LogP contribution in [-0.2, 0) is 26.8 Å². The molecule has 1 aliphatic heterocycles. The van der Waals surface area contributed by atoms with Gasteiger partial charge in [0.15, 0.2) is 0 Å². The molecule has 186 valence electrons. The third kappa shape index (κ3) is 7.29. The molecular weight excluding hydrogens is 450 g/mol. The first-order chi connectivity index (χ1) is 16.1. The molecule has 1 amide bonds. The highest BCUT2D eigenvalue weighted by atomic mass is 32.2. The molecule has 34 heavy (non-hydrogen) atoms. The van der Waals surface area contributed by atoms with Gasteiger partial charge < -0.3 is 15.0 Å². The van der Waals surface area contributed by atoms with E-state index in [2.05, 4.69) is 43.1 Å². The van der Waals surface area contributed by atoms with Crippen molar-refractivity contribution >= 4 is 15.9 Å². The van der Waals surface area contributed by atoms with Crippen LogP contribution >= 0.6 is 0 Å². The molecule has 1 fully saturated rings. The highest BCUT2D eigenvalue weighted by molar-refractivity contribution is 7.89. The number of nitrogens with zero attached hydrogens (tertiary/aromatic N) is 2. The summed E-state index contributed by atoms with van der Waals surface area (Å²) in [7, 11) is -1.48. The van der Waals surface area contributed by atoms with E-state index < -0.39 is 10.0 Å². The van der Waals surface area contributed by atoms with E-state index in [1.807, 2.05) is 19.2 Å². The number of hydrogen-bond donors (Lipinski definition) is 1. The van der Waals surface area contributed by atoms with Crippen molar-refractivity contribution in [2.75, 3.05) is 39.8 Å². The molecule has 7 nitrogen and oxygen atoms in total. The van der Waals surface area contributed by atoms with Gasteiger partial charge in [0.05, 0.1) is 11.5 Å². The van der Waals surface area contributed by atoms with Crippen LogP contribution in [0.25, 0.3) is 0 Å². The Kier molecular flexibility index (Phi) is 8.73. The molecule has 1 heterocycles. The van der Waals surface area contributed by atoms with Crippen LogP contribution in [0.15, 0.2) is 53.4 Å². The first-order valence-electron chi connectivity index (χ1n) is 11.8. The highest BCUT2D eigenvalue weighted by Gasteiger charge is 2.27. The van der Waals surface area contributed by atoms with Crippen molar-refractivity contribution in [3.8, 4) is 5.75 Å². The molecular formula is C26H37N3O4S. The molecule has 0 unspecified atom stereocenters. The Hall–Kier alpha value is -2.42. The lowest BCUT2D eigenvalue weighted by atomic mass is 9.87. The molecule has 0 saturated carbocycles. The number of rotatable bonds is 9. The van der Waals surface area contributed by atoms with E-state index >= 15 is 0 Å². The number of amides is 1. The van der Waals surface area contributed by atoms with Crippen molar-refractivity contribution in [2.24, 2.45) is 0 Å². The number of sulfonamides is 1. The molecule has 2 aromatic rings. The van der Waals surface area contributed by atoms with E-state index in [0.29, 0.717) is 44.0 Å². The quantitative estimate of drug-likeness (QED) is 0.549. The van der Waals surface area contributed by atoms with Crippen LogP contribution in [0.4, 0.5) is 0 Å². The van der Waals surface area contributed by atoms with E-state index in [9.17, 15) is 13.2 Å². The number of hydrogen-bond acceptors (Lipinski definition) is 5. The molecule has 0 spiro atoms. The molecule has 0 bridgehead atoms. The SMILES string of the molecule is CN1CCN(S(=O)(=O)c2ccc(CNC(=O)CCCOc3ccc(C(C)(C)C)cc3)cc2)CC1. The fourth-order valence-corrected chi connectivity index (χ4v) is 5.14. The van der Waals surface area contributed by atoms with Crippen molar-refractivity contribution in [2.45, 2.75) is 50.5 Å². The molecule has 1 aliphatic rings. The Morgan fingerprint density at radius 1 is 0.971 bits per heavy atom. The predicted octanol–water partition coefficient (Wildman–Crippen LogP) is 3.40. The summed E-state index contributed by atoms with van der Waals surface area (Å²) in [5, 5.41) is 2.89. The Bertz CT molecular complexity index is 1040. The second kappa shape index (κ2) is 11.3. The van der Waals surface area contributed by atoms with E-state index in [1.54, 1.807) is 24.3 Å². The lowest BCUT2D eigenvalue weighted by molar-refractivity contribution is -0.121. The lowest BCUT2D eigenvalue weighted by Crippen LogP contribution is -2.47. The van der Waals surface area contributed by atoms with Crippen LogP contribution in [0, 0.1) is 0 Å². The average molecular weight is 488 g/mol. The van der Waals surface area contributed by atoms with Gasteiger partial charge in [-0.15, -0.1) is 0 Å². The molecule has 3 rings (SSSR count). The minimum absolute atomic E-state index is 0.0548. The number of benzene rings is 2. The van der Waals surface area contributed by atoms with Crippen molar-refractivity contribution in [1.82, 2.24) is 14.5 Å². The summed E-state index contributed by atoms with van der Waals surface area (Å²) in [6.45, 7) is 9.83. The van der Waals surface area contributed by atoms with Gasteiger partial charge in [-0.05, 0) is 54.3 Å². The number of ether oxygens (including phenoxy) is 1. The minimum Gasteiger partial charge on any atom is -0.494 e. The Morgan fingerprint density at radius 2 is 1.59 bits per heavy atom. The second-order valence-corrected chi connectivity index (χ2v) is 11.8. The molecule has 1 N–H and O–H groups in total. The van der Waals surface area contributed by atoms with Crippen molar-refractivity contribution in [1.29, 1.82) is 0 Å². The minimum atomic E-state index is -3.48. The summed E-state index contributed by atoms with van der Waals surface area (Å²) in [5.41, 5.74) is 2.22. The number of carbonyl (C=O) groups is 1. The first kappa shape index (κ1) is 26.2. The summed E-state index contributed by atoms with van der Waals surface area (Å²) in [5.74, 6) is 0.751. The van der Waals surface area contributed by atoms with Crippen molar-refractivity contribution in [3.05, 3.63) is 59.7 Å². The van der Waals surface area contributed by atoms with Gasteiger partial charge in [0.2, 0.25) is 15.9 Å². The van der Waals surface area contributed by atoms with Gasteiger partial charge in [-0.3, -0.25) is 4.79 Å². The second-order valence-electron chi connectivity index (χ2n) is 9.85. The van der Waals surface area contributed by atoms with Crippen molar-refractivity contribution < 1.29 is 17.9 Å². The maximum absolute atomic E-state index is 12.8. The zero-order valence-electron chi connectivity index (χ0n) is 20.7. The average Bonchev–Trinajstić information content (AvgIpc) is 2.81. The maximum Gasteiger partial charge on any atom is 0.243 e. The number of piperazine rings is 1. The third-order valence-electron chi connectivity index (χ3n) is 6.05. The summed E-state index contributed by atoms with van der Waals surface area (Å²) >= 11 is 0. The molecule has 0 atom stereocenters. The summed E-state index contributed by atoms with van der Waals surface area (Å²) in [6.07, 6.45) is 0.991. The Morgan fingerprint density at radius 3 is 2.18 bits per heavy atom. The van der Waals surface area contributed by atoms with Crippen LogP contribution in [0.3, 0.4) is 0 Å². The number of carbonyl (C=O) groups excluding carboxylic acids is 1. The highest BCUT2D eigenvalue weighted by Crippen LogP contribution is 2.24. The molecule has 0 aliphatic carbocycles. The van der Waals surface area contributed by atoms with Gasteiger partial charge in [0, 0.05) is 39.1 Å². The van der Waals surface area contributed by atoms with Crippen LogP contribution in [0.1, 0.15) is 44.7 Å². The summed E-state index contributed by atoms with van der Waals surface area (Å²) in [6, 6.07) is 14.8. The number of nitrogens with one attached hydrogen (secondary N) is 1. The van der Waals surface area contributed by atoms with Gasteiger partial charge >= 0.3 is 0 Å². The monoisotopic (exact) mass is 487 g/mol. The van der Waals surface area contributed by atoms with Crippen LogP contribution < -0.4 is 10.1 Å². The molecule has 8 heteroatoms. The van der Waals surface area contributed by atoms with E-state index in [4.69, 9.17) is 4.74 Å². The maximum atomic E-state index is 12.8. The third-order valence-corrected chi connectivity index (χ3v) is 7.96. The van der Waals surface area contributed by atoms with Gasteiger partial charge in [0.1, 0.15) is 5.75 Å². The first-order valence-corrected chi connectivity index (χ1v) is 13.3. The zero-order valence-corrected chi connectivity index (χ0v) is 21.5. The van der Waals surface area contributed by atoms with Gasteiger partial charge in [-0.25, -0.2) is 8.42 Å². The predicted molar refractivity (Wildman–Crippen MR) is 134 cm³/mol. The molecule has 0 radical (unpaired) electrons. The van der Waals surface area contributed by atoms with Crippen LogP contribution in [-0.4, -0.2) is 63.4 Å². The van der Waals surface area contributed by atoms with Gasteiger partial charge in [-0.1, -0.05) is 45.0 Å². The lowest BCUT2D eigenvalue weighted by Gasteiger charge is -2.31. The Balaban J connectivity index is 1.38. The Labute approximate surface area is 204 Å². The summed E-state index contributed by atoms with van der Waals surface area (Å²) in [4.78, 5) is 14.6. The van der Waals surface area contributed by atoms with Gasteiger partial charge in [0.25, 0.3) is 0 Å². The van der Waals surface area contributed by atoms with E-state index in [1.165, 1.54) is 9.87 Å². The van der Waals surface area contributed by atoms with Crippen molar-refractivity contribution in [3.63, 3.8) is 0 Å². The molecule has 1 saturated heterocycles. The standard InChI is InChI=1S/C26H37N3O4S/c1-26(2,3)22-9-11-23(12-10-22)33-19-5-6-25(30)27-20-21-7-13-24(14-8-21)34(31,32)29-17-15-28(4)16-18-29/h7-14H,5-6,15-20H2,1-4H3,(H,27,30). The zero-order chi connectivity index (χ0) is 24.8. The number of likely N-dealkylation sites (N-methyl/N-ethyl adjacent to an activating group) is 1. The van der Waals surface area contributed by atoms with Crippen LogP contribution in [0.5, 0.6) is 5.75 Å².